The molecule has 0 radical (unpaired) electrons. The first-order chi connectivity index (χ1) is 13.3. The molecule has 0 aliphatic rings. The summed E-state index contributed by atoms with van der Waals surface area (Å²) in [5.41, 5.74) is 2.70. The number of carbonyl (C=O) groups is 1. The monoisotopic (exact) mass is 356 g/mol. The molecule has 1 atom stereocenters. The van der Waals surface area contributed by atoms with Crippen LogP contribution in [0.25, 0.3) is 5.69 Å². The normalized spacial score (nSPS) is 11.9. The summed E-state index contributed by atoms with van der Waals surface area (Å²) >= 11 is 0. The highest BCUT2D eigenvalue weighted by atomic mass is 16.1. The summed E-state index contributed by atoms with van der Waals surface area (Å²) in [6.45, 7) is 0. The van der Waals surface area contributed by atoms with Crippen LogP contribution in [0.5, 0.6) is 0 Å². The van der Waals surface area contributed by atoms with E-state index in [0.717, 1.165) is 17.1 Å². The Morgan fingerprint density at radius 3 is 2.41 bits per heavy atom. The van der Waals surface area contributed by atoms with Crippen LogP contribution < -0.4 is 5.32 Å². The molecule has 0 spiro atoms. The third-order valence-corrected chi connectivity index (χ3v) is 4.49. The first-order valence-corrected chi connectivity index (χ1v) is 8.87. The Labute approximate surface area is 157 Å². The van der Waals surface area contributed by atoms with E-state index in [0.29, 0.717) is 12.0 Å². The standard InChI is InChI=1S/C22H20N4O/c27-22(18-8-10-19(11-9-18)26-14-4-5-15-26)25-20(16-21-23-12-13-24-21)17-6-2-1-3-7-17/h1-15,20H,16H2,(H,23,24)(H,25,27)/t20-/m1/s1. The Morgan fingerprint density at radius 2 is 1.74 bits per heavy atom. The van der Waals surface area contributed by atoms with Gasteiger partial charge in [0.2, 0.25) is 0 Å². The molecule has 1 amide bonds. The van der Waals surface area contributed by atoms with Crippen LogP contribution in [0.3, 0.4) is 0 Å². The van der Waals surface area contributed by atoms with Crippen molar-refractivity contribution in [1.29, 1.82) is 0 Å². The van der Waals surface area contributed by atoms with Crippen molar-refractivity contribution < 1.29 is 4.79 Å². The first-order valence-electron chi connectivity index (χ1n) is 8.87. The van der Waals surface area contributed by atoms with Gasteiger partial charge in [-0.15, -0.1) is 0 Å². The molecular formula is C22H20N4O. The lowest BCUT2D eigenvalue weighted by molar-refractivity contribution is 0.0936. The minimum atomic E-state index is -0.158. The van der Waals surface area contributed by atoms with Crippen molar-refractivity contribution >= 4 is 5.91 Å². The number of carbonyl (C=O) groups excluding carboxylic acids is 1. The summed E-state index contributed by atoms with van der Waals surface area (Å²) in [7, 11) is 0. The second kappa shape index (κ2) is 7.74. The molecular weight excluding hydrogens is 336 g/mol. The smallest absolute Gasteiger partial charge is 0.251 e. The van der Waals surface area contributed by atoms with E-state index >= 15 is 0 Å². The molecule has 5 heteroatoms. The summed E-state index contributed by atoms with van der Waals surface area (Å²) < 4.78 is 2.01. The van der Waals surface area contributed by atoms with Gasteiger partial charge in [0, 0.05) is 42.5 Å². The van der Waals surface area contributed by atoms with Gasteiger partial charge in [0.1, 0.15) is 5.82 Å². The number of amides is 1. The van der Waals surface area contributed by atoms with Crippen molar-refractivity contribution in [2.75, 3.05) is 0 Å². The molecule has 4 rings (SSSR count). The predicted molar refractivity (Wildman–Crippen MR) is 105 cm³/mol. The van der Waals surface area contributed by atoms with Gasteiger partial charge in [-0.2, -0.15) is 0 Å². The van der Waals surface area contributed by atoms with Crippen molar-refractivity contribution in [3.8, 4) is 5.69 Å². The Hall–Kier alpha value is -3.60. The van der Waals surface area contributed by atoms with Crippen LogP contribution in [0.2, 0.25) is 0 Å². The van der Waals surface area contributed by atoms with Gasteiger partial charge in [-0.25, -0.2) is 4.98 Å². The van der Waals surface area contributed by atoms with E-state index in [9.17, 15) is 4.79 Å². The molecule has 27 heavy (non-hydrogen) atoms. The second-order valence-electron chi connectivity index (χ2n) is 6.31. The number of nitrogens with zero attached hydrogens (tertiary/aromatic N) is 2. The quantitative estimate of drug-likeness (QED) is 0.550. The van der Waals surface area contributed by atoms with Crippen LogP contribution in [-0.2, 0) is 6.42 Å². The van der Waals surface area contributed by atoms with Gasteiger partial charge in [0.05, 0.1) is 6.04 Å². The minimum Gasteiger partial charge on any atom is -0.349 e. The fourth-order valence-electron chi connectivity index (χ4n) is 3.07. The second-order valence-corrected chi connectivity index (χ2v) is 6.31. The number of nitrogens with one attached hydrogen (secondary N) is 2. The molecule has 0 aliphatic heterocycles. The molecule has 2 N–H and O–H groups in total. The highest BCUT2D eigenvalue weighted by Crippen LogP contribution is 2.18. The molecule has 0 saturated carbocycles. The molecule has 2 aromatic heterocycles. The topological polar surface area (TPSA) is 62.7 Å². The number of aromatic nitrogens is 3. The SMILES string of the molecule is O=C(N[C@H](Cc1ncc[nH]1)c1ccccc1)c1ccc(-n2cccc2)cc1. The third kappa shape index (κ3) is 3.98. The van der Waals surface area contributed by atoms with Crippen LogP contribution >= 0.6 is 0 Å². The Morgan fingerprint density at radius 1 is 1.00 bits per heavy atom. The zero-order chi connectivity index (χ0) is 18.5. The van der Waals surface area contributed by atoms with E-state index in [1.165, 1.54) is 0 Å². The van der Waals surface area contributed by atoms with Crippen LogP contribution in [0.15, 0.2) is 91.5 Å². The van der Waals surface area contributed by atoms with E-state index in [4.69, 9.17) is 0 Å². The van der Waals surface area contributed by atoms with Gasteiger partial charge in [0.25, 0.3) is 5.91 Å². The van der Waals surface area contributed by atoms with Crippen molar-refractivity contribution in [2.24, 2.45) is 0 Å². The van der Waals surface area contributed by atoms with Gasteiger partial charge >= 0.3 is 0 Å². The molecule has 0 aliphatic carbocycles. The molecule has 2 aromatic carbocycles. The van der Waals surface area contributed by atoms with Crippen molar-refractivity contribution in [2.45, 2.75) is 12.5 Å². The number of benzene rings is 2. The molecule has 0 bridgehead atoms. The Balaban J connectivity index is 1.52. The van der Waals surface area contributed by atoms with Crippen molar-refractivity contribution in [3.05, 3.63) is 108 Å². The van der Waals surface area contributed by atoms with E-state index < -0.39 is 0 Å². The highest BCUT2D eigenvalue weighted by Gasteiger charge is 2.17. The number of H-pyrrole nitrogens is 1. The maximum absolute atomic E-state index is 12.8. The Bertz CT molecular complexity index is 975. The maximum atomic E-state index is 12.8. The molecule has 0 unspecified atom stereocenters. The zero-order valence-electron chi connectivity index (χ0n) is 14.7. The number of hydrogen-bond acceptors (Lipinski definition) is 2. The van der Waals surface area contributed by atoms with Crippen LogP contribution in [0.1, 0.15) is 27.8 Å². The lowest BCUT2D eigenvalue weighted by Crippen LogP contribution is -2.30. The molecule has 134 valence electrons. The van der Waals surface area contributed by atoms with Crippen LogP contribution in [0, 0.1) is 0 Å². The minimum absolute atomic E-state index is 0.102. The van der Waals surface area contributed by atoms with Crippen LogP contribution in [0.4, 0.5) is 0 Å². The molecule has 4 aromatic rings. The van der Waals surface area contributed by atoms with Crippen molar-refractivity contribution in [1.82, 2.24) is 19.9 Å². The molecule has 2 heterocycles. The first kappa shape index (κ1) is 16.8. The Kier molecular flexibility index (Phi) is 4.83. The molecule has 0 saturated heterocycles. The van der Waals surface area contributed by atoms with Gasteiger partial charge in [-0.1, -0.05) is 30.3 Å². The number of aromatic amines is 1. The molecule has 0 fully saturated rings. The summed E-state index contributed by atoms with van der Waals surface area (Å²) in [6.07, 6.45) is 8.07. The third-order valence-electron chi connectivity index (χ3n) is 4.49. The fraction of sp³-hybridized carbons (Fsp3) is 0.0909. The predicted octanol–water partition coefficient (Wildman–Crippen LogP) is 3.91. The van der Waals surface area contributed by atoms with E-state index in [1.54, 1.807) is 12.4 Å². The lowest BCUT2D eigenvalue weighted by atomic mass is 10.0. The summed E-state index contributed by atoms with van der Waals surface area (Å²) in [6, 6.07) is 21.3. The highest BCUT2D eigenvalue weighted by molar-refractivity contribution is 5.94. The van der Waals surface area contributed by atoms with E-state index in [1.807, 2.05) is 83.7 Å². The fourth-order valence-corrected chi connectivity index (χ4v) is 3.07. The van der Waals surface area contributed by atoms with E-state index in [-0.39, 0.29) is 11.9 Å². The summed E-state index contributed by atoms with van der Waals surface area (Å²) in [5, 5.41) is 3.14. The number of rotatable bonds is 6. The largest absolute Gasteiger partial charge is 0.349 e. The van der Waals surface area contributed by atoms with Gasteiger partial charge in [0.15, 0.2) is 0 Å². The van der Waals surface area contributed by atoms with Gasteiger partial charge < -0.3 is 14.9 Å². The molecule has 5 nitrogen and oxygen atoms in total. The zero-order valence-corrected chi connectivity index (χ0v) is 14.7. The van der Waals surface area contributed by atoms with E-state index in [2.05, 4.69) is 15.3 Å². The van der Waals surface area contributed by atoms with Gasteiger partial charge in [-0.05, 0) is 42.0 Å². The average molecular weight is 356 g/mol. The van der Waals surface area contributed by atoms with Crippen molar-refractivity contribution in [3.63, 3.8) is 0 Å². The lowest BCUT2D eigenvalue weighted by Gasteiger charge is -2.18. The van der Waals surface area contributed by atoms with Gasteiger partial charge in [-0.3, -0.25) is 4.79 Å². The maximum Gasteiger partial charge on any atom is 0.251 e. The summed E-state index contributed by atoms with van der Waals surface area (Å²) in [4.78, 5) is 20.2. The average Bonchev–Trinajstić information content (AvgIpc) is 3.42. The van der Waals surface area contributed by atoms with Crippen LogP contribution in [-0.4, -0.2) is 20.4 Å². The summed E-state index contributed by atoms with van der Waals surface area (Å²) in [5.74, 6) is 0.738. The number of imidazole rings is 1. The number of hydrogen-bond donors (Lipinski definition) is 2.